The topological polar surface area (TPSA) is 102 Å². The second kappa shape index (κ2) is 11.5. The van der Waals surface area contributed by atoms with Crippen LogP contribution in [-0.4, -0.2) is 50.9 Å². The minimum absolute atomic E-state index is 0.00544. The number of methoxy groups -OCH3 is 1. The number of ether oxygens (including phenoxy) is 2. The number of carbonyl (C=O) groups excluding carboxylic acids is 2. The van der Waals surface area contributed by atoms with Gasteiger partial charge in [-0.1, -0.05) is 30.3 Å². The second-order valence-electron chi connectivity index (χ2n) is 8.59. The third-order valence-electron chi connectivity index (χ3n) is 5.71. The molecule has 1 aliphatic rings. The van der Waals surface area contributed by atoms with Crippen molar-refractivity contribution in [2.24, 2.45) is 5.92 Å². The van der Waals surface area contributed by atoms with Gasteiger partial charge in [-0.05, 0) is 56.5 Å². The average Bonchev–Trinajstić information content (AvgIpc) is 2.83. The zero-order valence-electron chi connectivity index (χ0n) is 19.8. The Morgan fingerprint density at radius 2 is 1.76 bits per heavy atom. The molecule has 34 heavy (non-hydrogen) atoms. The van der Waals surface area contributed by atoms with E-state index in [1.807, 2.05) is 30.3 Å². The maximum atomic E-state index is 13.2. The Labute approximate surface area is 201 Å². The van der Waals surface area contributed by atoms with Gasteiger partial charge in [0.15, 0.2) is 0 Å². The fourth-order valence-electron chi connectivity index (χ4n) is 3.98. The molecule has 2 aromatic carbocycles. The number of carbonyl (C=O) groups is 2. The first kappa shape index (κ1) is 25.7. The van der Waals surface area contributed by atoms with Gasteiger partial charge < -0.3 is 14.8 Å². The van der Waals surface area contributed by atoms with Gasteiger partial charge in [-0.15, -0.1) is 0 Å². The highest BCUT2D eigenvalue weighted by Crippen LogP contribution is 2.26. The van der Waals surface area contributed by atoms with Gasteiger partial charge in [0.1, 0.15) is 5.75 Å². The van der Waals surface area contributed by atoms with Gasteiger partial charge in [0.05, 0.1) is 36.5 Å². The van der Waals surface area contributed by atoms with E-state index in [-0.39, 0.29) is 29.9 Å². The molecule has 1 amide bonds. The van der Waals surface area contributed by atoms with Crippen LogP contribution in [0.25, 0.3) is 0 Å². The molecule has 1 saturated heterocycles. The smallest absolute Gasteiger partial charge is 0.308 e. The van der Waals surface area contributed by atoms with E-state index in [2.05, 4.69) is 5.32 Å². The summed E-state index contributed by atoms with van der Waals surface area (Å²) in [5, 5.41) is 2.96. The summed E-state index contributed by atoms with van der Waals surface area (Å²) in [4.78, 5) is 25.6. The summed E-state index contributed by atoms with van der Waals surface area (Å²) in [5.41, 5.74) is 0.787. The van der Waals surface area contributed by atoms with Crippen LogP contribution < -0.4 is 10.1 Å². The van der Waals surface area contributed by atoms with Crippen LogP contribution in [0.3, 0.4) is 0 Å². The summed E-state index contributed by atoms with van der Waals surface area (Å²) in [6.07, 6.45) is 0.876. The third-order valence-corrected chi connectivity index (χ3v) is 7.59. The van der Waals surface area contributed by atoms with Crippen molar-refractivity contribution >= 4 is 21.9 Å². The number of sulfonamides is 1. The van der Waals surface area contributed by atoms with Gasteiger partial charge in [-0.25, -0.2) is 8.42 Å². The van der Waals surface area contributed by atoms with Gasteiger partial charge in [0.2, 0.25) is 15.9 Å². The van der Waals surface area contributed by atoms with Gasteiger partial charge in [0, 0.05) is 13.1 Å². The normalized spacial score (nSPS) is 17.7. The Bertz CT molecular complexity index is 1070. The molecule has 0 radical (unpaired) electrons. The Hall–Kier alpha value is -2.91. The molecule has 2 atom stereocenters. The number of piperidine rings is 1. The van der Waals surface area contributed by atoms with Crippen LogP contribution in [0.1, 0.15) is 44.7 Å². The predicted molar refractivity (Wildman–Crippen MR) is 128 cm³/mol. The van der Waals surface area contributed by atoms with Crippen molar-refractivity contribution in [2.45, 2.75) is 50.2 Å². The maximum Gasteiger partial charge on any atom is 0.308 e. The number of rotatable bonds is 9. The fourth-order valence-corrected chi connectivity index (χ4v) is 5.50. The summed E-state index contributed by atoms with van der Waals surface area (Å²) in [7, 11) is -2.23. The highest BCUT2D eigenvalue weighted by atomic mass is 32.2. The lowest BCUT2D eigenvalue weighted by molar-refractivity contribution is -0.148. The minimum Gasteiger partial charge on any atom is -0.497 e. The van der Waals surface area contributed by atoms with Crippen LogP contribution in [0, 0.1) is 5.92 Å². The number of esters is 1. The average molecular weight is 489 g/mol. The molecule has 1 fully saturated rings. The quantitative estimate of drug-likeness (QED) is 0.544. The van der Waals surface area contributed by atoms with Crippen LogP contribution in [0.4, 0.5) is 0 Å². The number of hydrogen-bond donors (Lipinski definition) is 1. The molecule has 0 aromatic heterocycles. The SMILES string of the molecule is COc1ccc(S(=O)(=O)N2CCCC(C(=O)NC(CC(=O)OC(C)C)c3ccccc3)C2)cc1. The Morgan fingerprint density at radius 1 is 1.09 bits per heavy atom. The fraction of sp³-hybridized carbons (Fsp3) is 0.440. The van der Waals surface area contributed by atoms with Gasteiger partial charge in [-0.2, -0.15) is 4.31 Å². The lowest BCUT2D eigenvalue weighted by Gasteiger charge is -2.32. The predicted octanol–water partition coefficient (Wildman–Crippen LogP) is 3.30. The summed E-state index contributed by atoms with van der Waals surface area (Å²) >= 11 is 0. The first-order valence-corrected chi connectivity index (χ1v) is 12.8. The van der Waals surface area contributed by atoms with E-state index >= 15 is 0 Å². The number of benzene rings is 2. The van der Waals surface area contributed by atoms with Crippen molar-refractivity contribution in [3.05, 3.63) is 60.2 Å². The molecule has 3 rings (SSSR count). The van der Waals surface area contributed by atoms with Crippen LogP contribution in [0.15, 0.2) is 59.5 Å². The van der Waals surface area contributed by atoms with E-state index < -0.39 is 28.0 Å². The van der Waals surface area contributed by atoms with Crippen molar-refractivity contribution in [1.82, 2.24) is 9.62 Å². The largest absolute Gasteiger partial charge is 0.497 e. The molecule has 2 unspecified atom stereocenters. The molecule has 8 nitrogen and oxygen atoms in total. The molecule has 0 aliphatic carbocycles. The summed E-state index contributed by atoms with van der Waals surface area (Å²) in [5.74, 6) is -0.635. The van der Waals surface area contributed by atoms with Crippen LogP contribution in [0.5, 0.6) is 5.75 Å². The number of hydrogen-bond acceptors (Lipinski definition) is 6. The zero-order valence-corrected chi connectivity index (χ0v) is 20.6. The maximum absolute atomic E-state index is 13.2. The van der Waals surface area contributed by atoms with Crippen molar-refractivity contribution in [3.8, 4) is 5.75 Å². The van der Waals surface area contributed by atoms with Crippen LogP contribution in [-0.2, 0) is 24.3 Å². The van der Waals surface area contributed by atoms with E-state index in [0.717, 1.165) is 5.56 Å². The van der Waals surface area contributed by atoms with E-state index in [0.29, 0.717) is 25.1 Å². The van der Waals surface area contributed by atoms with Gasteiger partial charge >= 0.3 is 5.97 Å². The molecule has 2 aromatic rings. The zero-order chi connectivity index (χ0) is 24.7. The third kappa shape index (κ3) is 6.57. The number of nitrogens with zero attached hydrogens (tertiary/aromatic N) is 1. The molecule has 0 bridgehead atoms. The van der Waals surface area contributed by atoms with E-state index in [9.17, 15) is 18.0 Å². The lowest BCUT2D eigenvalue weighted by Crippen LogP contribution is -2.46. The van der Waals surface area contributed by atoms with Gasteiger partial charge in [0.25, 0.3) is 0 Å². The van der Waals surface area contributed by atoms with Crippen LogP contribution >= 0.6 is 0 Å². The summed E-state index contributed by atoms with van der Waals surface area (Å²) in [6, 6.07) is 14.9. The first-order chi connectivity index (χ1) is 16.2. The Kier molecular flexibility index (Phi) is 8.68. The summed E-state index contributed by atoms with van der Waals surface area (Å²) in [6.45, 7) is 3.97. The minimum atomic E-state index is -3.74. The highest BCUT2D eigenvalue weighted by molar-refractivity contribution is 7.89. The van der Waals surface area contributed by atoms with Crippen molar-refractivity contribution in [2.75, 3.05) is 20.2 Å². The monoisotopic (exact) mass is 488 g/mol. The molecule has 1 heterocycles. The molecule has 184 valence electrons. The Balaban J connectivity index is 1.72. The molecule has 1 aliphatic heterocycles. The highest BCUT2D eigenvalue weighted by Gasteiger charge is 2.34. The molecular formula is C25H32N2O6S. The first-order valence-electron chi connectivity index (χ1n) is 11.4. The van der Waals surface area contributed by atoms with Crippen molar-refractivity contribution in [3.63, 3.8) is 0 Å². The van der Waals surface area contributed by atoms with E-state index in [1.54, 1.807) is 26.0 Å². The van der Waals surface area contributed by atoms with Crippen molar-refractivity contribution < 1.29 is 27.5 Å². The second-order valence-corrected chi connectivity index (χ2v) is 10.5. The van der Waals surface area contributed by atoms with Gasteiger partial charge in [-0.3, -0.25) is 9.59 Å². The molecule has 9 heteroatoms. The summed E-state index contributed by atoms with van der Waals surface area (Å²) < 4.78 is 38.0. The lowest BCUT2D eigenvalue weighted by atomic mass is 9.97. The Morgan fingerprint density at radius 3 is 2.38 bits per heavy atom. The number of amides is 1. The van der Waals surface area contributed by atoms with E-state index in [4.69, 9.17) is 9.47 Å². The molecular weight excluding hydrogens is 456 g/mol. The standard InChI is InChI=1S/C25H32N2O6S/c1-18(2)33-24(28)16-23(19-8-5-4-6-9-19)26-25(29)20-10-7-15-27(17-20)34(30,31)22-13-11-21(32-3)12-14-22/h4-6,8-9,11-14,18,20,23H,7,10,15-17H2,1-3H3,(H,26,29). The van der Waals surface area contributed by atoms with E-state index in [1.165, 1.54) is 23.5 Å². The molecule has 0 saturated carbocycles. The molecule has 0 spiro atoms. The number of nitrogens with one attached hydrogen (secondary N) is 1. The van der Waals surface area contributed by atoms with Crippen molar-refractivity contribution in [1.29, 1.82) is 0 Å². The van der Waals surface area contributed by atoms with Crippen LogP contribution in [0.2, 0.25) is 0 Å². The molecule has 1 N–H and O–H groups in total.